The number of anilines is 4. The van der Waals surface area contributed by atoms with Crippen molar-refractivity contribution in [1.82, 2.24) is 39.6 Å². The summed E-state index contributed by atoms with van der Waals surface area (Å²) in [6, 6.07) is 8.69. The van der Waals surface area contributed by atoms with E-state index in [1.807, 2.05) is 45.3 Å². The van der Waals surface area contributed by atoms with E-state index in [2.05, 4.69) is 41.0 Å². The lowest BCUT2D eigenvalue weighted by atomic mass is 10.1. The maximum Gasteiger partial charge on any atom is 0.321 e. The Kier molecular flexibility index (Phi) is 7.89. The number of nitrogens with one attached hydrogen (secondary N) is 4. The van der Waals surface area contributed by atoms with E-state index in [0.717, 1.165) is 46.3 Å². The molecule has 1 amide bonds. The van der Waals surface area contributed by atoms with Gasteiger partial charge in [-0.05, 0) is 38.3 Å². The maximum atomic E-state index is 13.3. The number of fused-ring (bicyclic) bond motifs is 1. The van der Waals surface area contributed by atoms with Gasteiger partial charge < -0.3 is 30.8 Å². The van der Waals surface area contributed by atoms with E-state index < -0.39 is 18.1 Å². The largest absolute Gasteiger partial charge is 0.480 e. The van der Waals surface area contributed by atoms with Crippen LogP contribution < -0.4 is 20.7 Å². The van der Waals surface area contributed by atoms with Crippen molar-refractivity contribution in [3.8, 4) is 17.1 Å². The number of carboxylic acids is 1. The number of aromatic nitrogens is 7. The Balaban J connectivity index is 1.04. The number of carbonyl (C=O) groups excluding carboxylic acids is 1. The van der Waals surface area contributed by atoms with Crippen LogP contribution in [0.15, 0.2) is 48.9 Å². The number of rotatable bonds is 11. The third-order valence-electron chi connectivity index (χ3n) is 8.39. The first-order valence-electron chi connectivity index (χ1n) is 15.4. The van der Waals surface area contributed by atoms with Crippen molar-refractivity contribution in [2.75, 3.05) is 29.0 Å². The van der Waals surface area contributed by atoms with Gasteiger partial charge in [0.2, 0.25) is 23.7 Å². The highest BCUT2D eigenvalue weighted by Crippen LogP contribution is 2.34. The van der Waals surface area contributed by atoms with Gasteiger partial charge in [0, 0.05) is 73.4 Å². The molecule has 1 saturated heterocycles. The third-order valence-corrected chi connectivity index (χ3v) is 8.39. The molecule has 2 fully saturated rings. The van der Waals surface area contributed by atoms with Gasteiger partial charge in [0.1, 0.15) is 12.1 Å². The molecular weight excluding hydrogens is 602 g/mol. The van der Waals surface area contributed by atoms with Gasteiger partial charge in [-0.3, -0.25) is 19.2 Å². The number of para-hydroxylation sites is 1. The zero-order valence-corrected chi connectivity index (χ0v) is 26.2. The maximum absolute atomic E-state index is 13.3. The highest BCUT2D eigenvalue weighted by Gasteiger charge is 2.39. The summed E-state index contributed by atoms with van der Waals surface area (Å²) in [5.41, 5.74) is 4.76. The average molecular weight is 638 g/mol. The summed E-state index contributed by atoms with van der Waals surface area (Å²) in [6.07, 6.45) is 7.17. The Bertz CT molecular complexity index is 1950. The highest BCUT2D eigenvalue weighted by molar-refractivity contribution is 6.06. The van der Waals surface area contributed by atoms with Gasteiger partial charge in [0.15, 0.2) is 5.82 Å². The van der Waals surface area contributed by atoms with Crippen molar-refractivity contribution < 1.29 is 19.4 Å². The molecule has 242 valence electrons. The number of amides is 1. The zero-order chi connectivity index (χ0) is 32.7. The lowest BCUT2D eigenvalue weighted by Crippen LogP contribution is -2.41. The van der Waals surface area contributed by atoms with Crippen LogP contribution >= 0.6 is 0 Å². The molecule has 47 heavy (non-hydrogen) atoms. The van der Waals surface area contributed by atoms with Gasteiger partial charge in [-0.1, -0.05) is 12.1 Å². The van der Waals surface area contributed by atoms with Crippen molar-refractivity contribution in [1.29, 1.82) is 0 Å². The molecule has 1 saturated carbocycles. The molecule has 4 aromatic heterocycles. The Labute approximate surface area is 269 Å². The summed E-state index contributed by atoms with van der Waals surface area (Å²) in [4.78, 5) is 48.2. The summed E-state index contributed by atoms with van der Waals surface area (Å²) < 4.78 is 7.81. The van der Waals surface area contributed by atoms with E-state index in [0.29, 0.717) is 35.3 Å². The second-order valence-corrected chi connectivity index (χ2v) is 12.0. The smallest absolute Gasteiger partial charge is 0.321 e. The summed E-state index contributed by atoms with van der Waals surface area (Å²) in [7, 11) is 1.87. The average Bonchev–Trinajstić information content (AvgIpc) is 3.44. The van der Waals surface area contributed by atoms with Crippen LogP contribution in [-0.4, -0.2) is 87.9 Å². The lowest BCUT2D eigenvalue weighted by molar-refractivity contribution is -0.142. The number of H-pyrrole nitrogens is 1. The molecule has 0 bridgehead atoms. The molecule has 2 atom stereocenters. The Morgan fingerprint density at radius 1 is 1.13 bits per heavy atom. The normalized spacial score (nSPS) is 17.9. The SMILES string of the molecule is Cc1cnc(Nc2cc(C)n(C)n2)nc1-c1c[nH]c2c(NC(=O)CN3C[C@@H](Oc4ccnc(NC5CC5)n4)C[C@H]3C(=O)O)cccc12. The number of likely N-dealkylation sites (tertiary alicyclic amines) is 1. The van der Waals surface area contributed by atoms with Crippen LogP contribution in [0.1, 0.15) is 30.5 Å². The predicted molar refractivity (Wildman–Crippen MR) is 175 cm³/mol. The molecule has 5 aromatic rings. The minimum atomic E-state index is -1.01. The molecular formula is C32H35N11O4. The molecule has 15 heteroatoms. The molecule has 0 unspecified atom stereocenters. The summed E-state index contributed by atoms with van der Waals surface area (Å²) in [5.74, 6) is 0.571. The number of aryl methyl sites for hydroxylation is 3. The van der Waals surface area contributed by atoms with E-state index in [1.165, 1.54) is 0 Å². The molecule has 5 N–H and O–H groups in total. The minimum absolute atomic E-state index is 0.119. The van der Waals surface area contributed by atoms with Crippen molar-refractivity contribution in [2.24, 2.45) is 7.05 Å². The van der Waals surface area contributed by atoms with E-state index in [9.17, 15) is 14.7 Å². The molecule has 5 heterocycles. The number of carboxylic acid groups (broad SMARTS) is 1. The van der Waals surface area contributed by atoms with Crippen LogP contribution in [0.3, 0.4) is 0 Å². The van der Waals surface area contributed by atoms with Crippen LogP contribution in [0, 0.1) is 13.8 Å². The van der Waals surface area contributed by atoms with Gasteiger partial charge in [-0.25, -0.2) is 15.0 Å². The van der Waals surface area contributed by atoms with Crippen molar-refractivity contribution >= 4 is 46.2 Å². The van der Waals surface area contributed by atoms with E-state index in [-0.39, 0.29) is 25.4 Å². The zero-order valence-electron chi connectivity index (χ0n) is 26.2. The number of carbonyl (C=O) groups is 2. The van der Waals surface area contributed by atoms with Gasteiger partial charge >= 0.3 is 5.97 Å². The number of aliphatic carboxylic acids is 1. The molecule has 1 aliphatic heterocycles. The first-order valence-corrected chi connectivity index (χ1v) is 15.4. The lowest BCUT2D eigenvalue weighted by Gasteiger charge is -2.20. The monoisotopic (exact) mass is 637 g/mol. The molecule has 7 rings (SSSR count). The summed E-state index contributed by atoms with van der Waals surface area (Å²) in [5, 5.41) is 24.6. The predicted octanol–water partition coefficient (Wildman–Crippen LogP) is 3.63. The summed E-state index contributed by atoms with van der Waals surface area (Å²) in [6.45, 7) is 4.05. The van der Waals surface area contributed by atoms with E-state index in [4.69, 9.17) is 9.72 Å². The van der Waals surface area contributed by atoms with Crippen LogP contribution in [0.5, 0.6) is 5.88 Å². The molecule has 1 aromatic carbocycles. The van der Waals surface area contributed by atoms with E-state index in [1.54, 1.807) is 34.1 Å². The number of nitrogens with zero attached hydrogens (tertiary/aromatic N) is 7. The van der Waals surface area contributed by atoms with Crippen molar-refractivity contribution in [3.63, 3.8) is 0 Å². The first-order chi connectivity index (χ1) is 22.7. The number of aromatic amines is 1. The van der Waals surface area contributed by atoms with Gasteiger partial charge in [0.05, 0.1) is 23.4 Å². The molecule has 1 aliphatic carbocycles. The van der Waals surface area contributed by atoms with Crippen LogP contribution in [0.2, 0.25) is 0 Å². The highest BCUT2D eigenvalue weighted by atomic mass is 16.5. The van der Waals surface area contributed by atoms with Crippen LogP contribution in [0.4, 0.5) is 23.4 Å². The standard InChI is InChI=1S/C32H35N11O4/c1-17-13-35-32(38-25-11-18(2)42(3)41-25)40-28(17)22-14-34-29-21(22)5-4-6-23(29)37-26(44)16-43-15-20(12-24(43)30(45)46)47-27-9-10-33-31(39-27)36-19-7-8-19/h4-6,9-11,13-14,19-20,24,34H,7-8,12,15-16H2,1-3H3,(H,37,44)(H,45,46)(H,33,36,39)(H,35,38,40,41)/t20-,24-/m0/s1. The summed E-state index contributed by atoms with van der Waals surface area (Å²) >= 11 is 0. The van der Waals surface area contributed by atoms with Crippen molar-refractivity contribution in [3.05, 3.63) is 60.2 Å². The fraction of sp³-hybridized carbons (Fsp3) is 0.344. The van der Waals surface area contributed by atoms with Crippen LogP contribution in [-0.2, 0) is 16.6 Å². The van der Waals surface area contributed by atoms with Gasteiger partial charge in [0.25, 0.3) is 0 Å². The van der Waals surface area contributed by atoms with Crippen molar-refractivity contribution in [2.45, 2.75) is 51.3 Å². The first kappa shape index (κ1) is 30.1. The molecule has 2 aliphatic rings. The molecule has 0 spiro atoms. The number of ether oxygens (including phenoxy) is 1. The second-order valence-electron chi connectivity index (χ2n) is 12.0. The quantitative estimate of drug-likeness (QED) is 0.142. The molecule has 15 nitrogen and oxygen atoms in total. The number of benzene rings is 1. The number of hydrogen-bond acceptors (Lipinski definition) is 11. The second kappa shape index (κ2) is 12.3. The fourth-order valence-corrected chi connectivity index (χ4v) is 5.78. The Morgan fingerprint density at radius 3 is 2.74 bits per heavy atom. The third kappa shape index (κ3) is 6.56. The molecule has 0 radical (unpaired) electrons. The topological polar surface area (TPSA) is 188 Å². The Hall–Kier alpha value is -5.57. The van der Waals surface area contributed by atoms with Crippen LogP contribution in [0.25, 0.3) is 22.2 Å². The number of hydrogen-bond donors (Lipinski definition) is 5. The minimum Gasteiger partial charge on any atom is -0.480 e. The van der Waals surface area contributed by atoms with E-state index >= 15 is 0 Å². The van der Waals surface area contributed by atoms with Gasteiger partial charge in [-0.15, -0.1) is 0 Å². The fourth-order valence-electron chi connectivity index (χ4n) is 5.78. The van der Waals surface area contributed by atoms with Gasteiger partial charge in [-0.2, -0.15) is 10.1 Å². The Morgan fingerprint density at radius 2 is 1.98 bits per heavy atom.